The molecule has 0 saturated carbocycles. The molecule has 0 spiro atoms. The first-order chi connectivity index (χ1) is 10.1. The number of H-pyrrole nitrogens is 1. The van der Waals surface area contributed by atoms with Crippen molar-refractivity contribution in [1.29, 1.82) is 0 Å². The molecule has 21 heavy (non-hydrogen) atoms. The van der Waals surface area contributed by atoms with Gasteiger partial charge in [-0.2, -0.15) is 5.16 Å². The van der Waals surface area contributed by atoms with Gasteiger partial charge >= 0.3 is 0 Å². The van der Waals surface area contributed by atoms with Gasteiger partial charge in [0.05, 0.1) is 0 Å². The highest BCUT2D eigenvalue weighted by Gasteiger charge is 2.26. The quantitative estimate of drug-likeness (QED) is 0.913. The summed E-state index contributed by atoms with van der Waals surface area (Å²) >= 11 is 0. The highest BCUT2D eigenvalue weighted by molar-refractivity contribution is 5.20. The highest BCUT2D eigenvalue weighted by atomic mass is 19.1. The molecule has 0 amide bonds. The SMILES string of the molecule is O=c1cc([C@@H]2CCN[C@H](Cc3ccc(F)cc3F)C2)o[nH]1. The largest absolute Gasteiger partial charge is 0.383 e. The van der Waals surface area contributed by atoms with Crippen molar-refractivity contribution < 1.29 is 13.3 Å². The van der Waals surface area contributed by atoms with Gasteiger partial charge in [-0.25, -0.2) is 8.78 Å². The fourth-order valence-electron chi connectivity index (χ4n) is 2.87. The molecule has 1 aromatic carbocycles. The maximum atomic E-state index is 13.7. The van der Waals surface area contributed by atoms with Crippen LogP contribution in [0.4, 0.5) is 8.78 Å². The molecule has 0 aliphatic carbocycles. The summed E-state index contributed by atoms with van der Waals surface area (Å²) in [6, 6.07) is 5.19. The molecule has 6 heteroatoms. The van der Waals surface area contributed by atoms with Crippen LogP contribution in [0, 0.1) is 11.6 Å². The van der Waals surface area contributed by atoms with Crippen molar-refractivity contribution in [2.45, 2.75) is 31.2 Å². The average molecular weight is 294 g/mol. The minimum atomic E-state index is -0.570. The molecule has 1 aliphatic rings. The third-order valence-electron chi connectivity index (χ3n) is 3.92. The Morgan fingerprint density at radius 1 is 1.29 bits per heavy atom. The Morgan fingerprint density at radius 2 is 2.14 bits per heavy atom. The Kier molecular flexibility index (Phi) is 3.88. The summed E-state index contributed by atoms with van der Waals surface area (Å²) < 4.78 is 31.8. The third kappa shape index (κ3) is 3.21. The highest BCUT2D eigenvalue weighted by Crippen LogP contribution is 2.28. The molecule has 4 nitrogen and oxygen atoms in total. The molecule has 0 unspecified atom stereocenters. The smallest absolute Gasteiger partial charge is 0.280 e. The van der Waals surface area contributed by atoms with Crippen LogP contribution in [0.1, 0.15) is 30.1 Å². The maximum Gasteiger partial charge on any atom is 0.280 e. The Labute approximate surface area is 120 Å². The van der Waals surface area contributed by atoms with Crippen molar-refractivity contribution in [3.05, 3.63) is 57.6 Å². The van der Waals surface area contributed by atoms with Crippen molar-refractivity contribution >= 4 is 0 Å². The number of benzene rings is 1. The molecule has 1 aliphatic heterocycles. The first-order valence-corrected chi connectivity index (χ1v) is 6.97. The summed E-state index contributed by atoms with van der Waals surface area (Å²) in [5, 5.41) is 5.62. The first kappa shape index (κ1) is 14.0. The predicted molar refractivity (Wildman–Crippen MR) is 73.2 cm³/mol. The summed E-state index contributed by atoms with van der Waals surface area (Å²) in [6.07, 6.45) is 2.10. The molecular formula is C15H16F2N2O2. The van der Waals surface area contributed by atoms with E-state index in [0.29, 0.717) is 17.7 Å². The van der Waals surface area contributed by atoms with Crippen molar-refractivity contribution in [2.75, 3.05) is 6.54 Å². The lowest BCUT2D eigenvalue weighted by Gasteiger charge is -2.29. The van der Waals surface area contributed by atoms with Crippen molar-refractivity contribution in [3.8, 4) is 0 Å². The van der Waals surface area contributed by atoms with E-state index >= 15 is 0 Å². The zero-order chi connectivity index (χ0) is 14.8. The minimum Gasteiger partial charge on any atom is -0.383 e. The normalized spacial score (nSPS) is 22.4. The fourth-order valence-corrected chi connectivity index (χ4v) is 2.87. The summed E-state index contributed by atoms with van der Waals surface area (Å²) in [7, 11) is 0. The topological polar surface area (TPSA) is 58.0 Å². The van der Waals surface area contributed by atoms with Gasteiger partial charge in [-0.1, -0.05) is 6.07 Å². The molecule has 112 valence electrons. The second-order valence-electron chi connectivity index (χ2n) is 5.43. The predicted octanol–water partition coefficient (Wildman–Crippen LogP) is 2.32. The van der Waals surface area contributed by atoms with Crippen LogP contribution in [0.25, 0.3) is 0 Å². The van der Waals surface area contributed by atoms with Gasteiger partial charge in [0.25, 0.3) is 5.56 Å². The van der Waals surface area contributed by atoms with Crippen LogP contribution in [0.2, 0.25) is 0 Å². The molecule has 0 bridgehead atoms. The monoisotopic (exact) mass is 294 g/mol. The summed E-state index contributed by atoms with van der Waals surface area (Å²) in [5.74, 6) is -0.309. The third-order valence-corrected chi connectivity index (χ3v) is 3.92. The lowest BCUT2D eigenvalue weighted by molar-refractivity contribution is 0.291. The number of hydrogen-bond acceptors (Lipinski definition) is 3. The number of hydrogen-bond donors (Lipinski definition) is 2. The minimum absolute atomic E-state index is 0.0731. The molecule has 2 heterocycles. The van der Waals surface area contributed by atoms with E-state index in [0.717, 1.165) is 25.5 Å². The molecule has 2 atom stereocenters. The van der Waals surface area contributed by atoms with Gasteiger partial charge in [0.2, 0.25) is 0 Å². The number of nitrogens with one attached hydrogen (secondary N) is 2. The van der Waals surface area contributed by atoms with Gasteiger partial charge in [0.1, 0.15) is 17.4 Å². The van der Waals surface area contributed by atoms with Crippen LogP contribution < -0.4 is 10.9 Å². The number of aromatic nitrogens is 1. The molecule has 3 rings (SSSR count). The number of rotatable bonds is 3. The average Bonchev–Trinajstić information content (AvgIpc) is 2.89. The van der Waals surface area contributed by atoms with Crippen LogP contribution in [-0.4, -0.2) is 17.7 Å². The van der Waals surface area contributed by atoms with E-state index in [1.165, 1.54) is 18.2 Å². The lowest BCUT2D eigenvalue weighted by Crippen LogP contribution is -2.38. The Morgan fingerprint density at radius 3 is 2.86 bits per heavy atom. The van der Waals surface area contributed by atoms with Gasteiger partial charge in [0, 0.05) is 24.1 Å². The second-order valence-corrected chi connectivity index (χ2v) is 5.43. The van der Waals surface area contributed by atoms with Gasteiger partial charge in [-0.15, -0.1) is 0 Å². The summed E-state index contributed by atoms with van der Waals surface area (Å²) in [5.41, 5.74) is 0.245. The van der Waals surface area contributed by atoms with Gasteiger partial charge in [-0.05, 0) is 37.4 Å². The van der Waals surface area contributed by atoms with E-state index in [4.69, 9.17) is 4.52 Å². The summed E-state index contributed by atoms with van der Waals surface area (Å²) in [6.45, 7) is 0.771. The standard InChI is InChI=1S/C15H16F2N2O2/c16-11-2-1-9(13(17)7-11)5-12-6-10(3-4-18-12)14-8-15(20)19-21-14/h1-2,7-8,10,12,18H,3-6H2,(H,19,20)/t10-,12-/m1/s1. The molecule has 1 fully saturated rings. The molecule has 1 aromatic heterocycles. The van der Waals surface area contributed by atoms with Crippen LogP contribution in [-0.2, 0) is 6.42 Å². The van der Waals surface area contributed by atoms with Gasteiger partial charge < -0.3 is 9.84 Å². The molecule has 2 aromatic rings. The number of halogens is 2. The second kappa shape index (κ2) is 5.81. The van der Waals surface area contributed by atoms with Crippen LogP contribution in [0.15, 0.2) is 33.6 Å². The number of aromatic amines is 1. The van der Waals surface area contributed by atoms with Gasteiger partial charge in [0.15, 0.2) is 0 Å². The first-order valence-electron chi connectivity index (χ1n) is 6.97. The molecule has 1 saturated heterocycles. The zero-order valence-corrected chi connectivity index (χ0v) is 11.4. The van der Waals surface area contributed by atoms with Gasteiger partial charge in [-0.3, -0.25) is 4.79 Å². The maximum absolute atomic E-state index is 13.7. The molecular weight excluding hydrogens is 278 g/mol. The van der Waals surface area contributed by atoms with E-state index in [2.05, 4.69) is 10.5 Å². The van der Waals surface area contributed by atoms with Crippen molar-refractivity contribution in [2.24, 2.45) is 0 Å². The Bertz CT molecular complexity index is 680. The fraction of sp³-hybridized carbons (Fsp3) is 0.400. The van der Waals surface area contributed by atoms with Crippen LogP contribution >= 0.6 is 0 Å². The van der Waals surface area contributed by atoms with Crippen molar-refractivity contribution in [3.63, 3.8) is 0 Å². The van der Waals surface area contributed by atoms with E-state index in [1.807, 2.05) is 0 Å². The molecule has 0 radical (unpaired) electrons. The van der Waals surface area contributed by atoms with E-state index in [1.54, 1.807) is 0 Å². The van der Waals surface area contributed by atoms with Crippen LogP contribution in [0.5, 0.6) is 0 Å². The van der Waals surface area contributed by atoms with E-state index < -0.39 is 11.6 Å². The zero-order valence-electron chi connectivity index (χ0n) is 11.4. The van der Waals surface area contributed by atoms with E-state index in [-0.39, 0.29) is 17.5 Å². The number of piperidine rings is 1. The summed E-state index contributed by atoms with van der Waals surface area (Å²) in [4.78, 5) is 11.1. The van der Waals surface area contributed by atoms with Crippen LogP contribution in [0.3, 0.4) is 0 Å². The van der Waals surface area contributed by atoms with E-state index in [9.17, 15) is 13.6 Å². The molecule has 2 N–H and O–H groups in total. The Balaban J connectivity index is 1.70. The Hall–Kier alpha value is -1.95. The lowest BCUT2D eigenvalue weighted by atomic mass is 9.87. The van der Waals surface area contributed by atoms with Crippen molar-refractivity contribution in [1.82, 2.24) is 10.5 Å².